The Balaban J connectivity index is 1.75. The van der Waals surface area contributed by atoms with E-state index in [0.717, 1.165) is 26.8 Å². The summed E-state index contributed by atoms with van der Waals surface area (Å²) in [7, 11) is 1.95. The summed E-state index contributed by atoms with van der Waals surface area (Å²) in [5, 5.41) is 2.90. The molecule has 0 aliphatic heterocycles. The summed E-state index contributed by atoms with van der Waals surface area (Å²) < 4.78 is 2.83. The molecule has 1 N–H and O–H groups in total. The number of anilines is 1. The number of imidazole rings is 1. The predicted molar refractivity (Wildman–Crippen MR) is 87.2 cm³/mol. The Bertz CT molecular complexity index is 810. The van der Waals surface area contributed by atoms with Gasteiger partial charge in [0.15, 0.2) is 0 Å². The van der Waals surface area contributed by atoms with Crippen LogP contribution in [0.25, 0.3) is 11.0 Å². The topological polar surface area (TPSA) is 46.9 Å². The molecule has 0 aliphatic carbocycles. The number of benzene rings is 2. The lowest BCUT2D eigenvalue weighted by atomic mass is 10.1. The van der Waals surface area contributed by atoms with E-state index in [4.69, 9.17) is 0 Å². The van der Waals surface area contributed by atoms with Gasteiger partial charge in [-0.05, 0) is 45.8 Å². The Labute approximate surface area is 130 Å². The molecule has 5 heteroatoms. The van der Waals surface area contributed by atoms with E-state index in [2.05, 4.69) is 26.2 Å². The van der Waals surface area contributed by atoms with E-state index in [0.29, 0.717) is 6.42 Å². The van der Waals surface area contributed by atoms with Gasteiger partial charge >= 0.3 is 0 Å². The van der Waals surface area contributed by atoms with E-state index in [-0.39, 0.29) is 5.91 Å². The molecule has 21 heavy (non-hydrogen) atoms. The van der Waals surface area contributed by atoms with Crippen molar-refractivity contribution in [1.29, 1.82) is 0 Å². The number of para-hydroxylation sites is 1. The van der Waals surface area contributed by atoms with Gasteiger partial charge in [-0.2, -0.15) is 0 Å². The molecule has 0 unspecified atom stereocenters. The largest absolute Gasteiger partial charge is 0.334 e. The first-order valence-corrected chi connectivity index (χ1v) is 7.37. The molecule has 4 nitrogen and oxygen atoms in total. The molecule has 0 radical (unpaired) electrons. The maximum Gasteiger partial charge on any atom is 0.228 e. The van der Waals surface area contributed by atoms with E-state index >= 15 is 0 Å². The zero-order valence-corrected chi connectivity index (χ0v) is 13.1. The van der Waals surface area contributed by atoms with Crippen molar-refractivity contribution in [3.63, 3.8) is 0 Å². The summed E-state index contributed by atoms with van der Waals surface area (Å²) in [5.41, 5.74) is 3.70. The Hall–Kier alpha value is -2.14. The molecular formula is C16H14BrN3O. The molecule has 3 rings (SSSR count). The first kappa shape index (κ1) is 13.8. The van der Waals surface area contributed by atoms with Gasteiger partial charge in [-0.1, -0.05) is 18.2 Å². The zero-order chi connectivity index (χ0) is 14.8. The molecule has 3 aromatic rings. The minimum atomic E-state index is -0.0443. The van der Waals surface area contributed by atoms with Crippen LogP contribution in [0, 0.1) is 0 Å². The van der Waals surface area contributed by atoms with E-state index in [9.17, 15) is 4.79 Å². The normalized spacial score (nSPS) is 10.8. The van der Waals surface area contributed by atoms with Crippen LogP contribution in [-0.4, -0.2) is 15.5 Å². The molecule has 0 spiro atoms. The first-order valence-electron chi connectivity index (χ1n) is 6.58. The lowest BCUT2D eigenvalue weighted by Gasteiger charge is -2.07. The van der Waals surface area contributed by atoms with Gasteiger partial charge in [0.2, 0.25) is 5.91 Å². The SMILES string of the molecule is Cn1cnc2cc(CC(=O)Nc3ccccc3Br)ccc21. The highest BCUT2D eigenvalue weighted by Crippen LogP contribution is 2.21. The summed E-state index contributed by atoms with van der Waals surface area (Å²) in [6.07, 6.45) is 2.10. The molecule has 2 aromatic carbocycles. The second kappa shape index (κ2) is 5.69. The van der Waals surface area contributed by atoms with Crippen LogP contribution in [0.15, 0.2) is 53.3 Å². The Morgan fingerprint density at radius 3 is 2.90 bits per heavy atom. The Morgan fingerprint density at radius 2 is 2.10 bits per heavy atom. The van der Waals surface area contributed by atoms with Gasteiger partial charge in [-0.15, -0.1) is 0 Å². The number of hydrogen-bond acceptors (Lipinski definition) is 2. The lowest BCUT2D eigenvalue weighted by molar-refractivity contribution is -0.115. The fourth-order valence-electron chi connectivity index (χ4n) is 2.23. The fourth-order valence-corrected chi connectivity index (χ4v) is 2.62. The quantitative estimate of drug-likeness (QED) is 0.790. The standard InChI is InChI=1S/C16H14BrN3O/c1-20-10-18-14-8-11(6-7-15(14)20)9-16(21)19-13-5-3-2-4-12(13)17/h2-8,10H,9H2,1H3,(H,19,21). The summed E-state index contributed by atoms with van der Waals surface area (Å²) in [4.78, 5) is 16.4. The van der Waals surface area contributed by atoms with Crippen molar-refractivity contribution >= 4 is 38.6 Å². The number of halogens is 1. The average Bonchev–Trinajstić information content (AvgIpc) is 2.82. The number of nitrogens with zero attached hydrogens (tertiary/aromatic N) is 2. The summed E-state index contributed by atoms with van der Waals surface area (Å²) in [6.45, 7) is 0. The molecule has 106 valence electrons. The van der Waals surface area contributed by atoms with Crippen LogP contribution in [0.2, 0.25) is 0 Å². The van der Waals surface area contributed by atoms with Gasteiger partial charge < -0.3 is 9.88 Å². The number of aryl methyl sites for hydroxylation is 1. The molecule has 0 aliphatic rings. The molecule has 1 heterocycles. The molecule has 0 saturated heterocycles. The van der Waals surface area contributed by atoms with Crippen LogP contribution >= 0.6 is 15.9 Å². The van der Waals surface area contributed by atoms with Gasteiger partial charge in [0, 0.05) is 11.5 Å². The minimum Gasteiger partial charge on any atom is -0.334 e. The number of fused-ring (bicyclic) bond motifs is 1. The van der Waals surface area contributed by atoms with Crippen molar-refractivity contribution in [2.24, 2.45) is 7.05 Å². The second-order valence-electron chi connectivity index (χ2n) is 4.88. The van der Waals surface area contributed by atoms with Crippen LogP contribution in [0.1, 0.15) is 5.56 Å². The number of hydrogen-bond donors (Lipinski definition) is 1. The highest BCUT2D eigenvalue weighted by molar-refractivity contribution is 9.10. The van der Waals surface area contributed by atoms with Crippen LogP contribution in [0.5, 0.6) is 0 Å². The summed E-state index contributed by atoms with van der Waals surface area (Å²) in [5.74, 6) is -0.0443. The van der Waals surface area contributed by atoms with Crippen LogP contribution in [-0.2, 0) is 18.3 Å². The molecule has 0 fully saturated rings. The van der Waals surface area contributed by atoms with Gasteiger partial charge in [-0.25, -0.2) is 4.98 Å². The number of aromatic nitrogens is 2. The Morgan fingerprint density at radius 1 is 1.29 bits per heavy atom. The number of rotatable bonds is 3. The fraction of sp³-hybridized carbons (Fsp3) is 0.125. The van der Waals surface area contributed by atoms with E-state index in [1.807, 2.05) is 54.1 Å². The van der Waals surface area contributed by atoms with E-state index in [1.54, 1.807) is 6.33 Å². The molecule has 1 amide bonds. The van der Waals surface area contributed by atoms with Crippen molar-refractivity contribution in [3.8, 4) is 0 Å². The first-order chi connectivity index (χ1) is 10.1. The van der Waals surface area contributed by atoms with Crippen molar-refractivity contribution < 1.29 is 4.79 Å². The number of carbonyl (C=O) groups is 1. The number of carbonyl (C=O) groups excluding carboxylic acids is 1. The van der Waals surface area contributed by atoms with Crippen molar-refractivity contribution in [2.75, 3.05) is 5.32 Å². The van der Waals surface area contributed by atoms with Crippen LogP contribution in [0.3, 0.4) is 0 Å². The summed E-state index contributed by atoms with van der Waals surface area (Å²) in [6, 6.07) is 13.5. The van der Waals surface area contributed by atoms with Crippen molar-refractivity contribution in [1.82, 2.24) is 9.55 Å². The van der Waals surface area contributed by atoms with Crippen molar-refractivity contribution in [2.45, 2.75) is 6.42 Å². The molecule has 0 bridgehead atoms. The maximum atomic E-state index is 12.1. The zero-order valence-electron chi connectivity index (χ0n) is 11.5. The van der Waals surface area contributed by atoms with Gasteiger partial charge in [0.1, 0.15) is 0 Å². The van der Waals surface area contributed by atoms with Gasteiger partial charge in [-0.3, -0.25) is 4.79 Å². The van der Waals surface area contributed by atoms with E-state index in [1.165, 1.54) is 0 Å². The van der Waals surface area contributed by atoms with Crippen LogP contribution < -0.4 is 5.32 Å². The van der Waals surface area contributed by atoms with E-state index < -0.39 is 0 Å². The molecule has 0 saturated carbocycles. The Kier molecular flexibility index (Phi) is 3.75. The highest BCUT2D eigenvalue weighted by Gasteiger charge is 2.08. The second-order valence-corrected chi connectivity index (χ2v) is 5.74. The van der Waals surface area contributed by atoms with Crippen LogP contribution in [0.4, 0.5) is 5.69 Å². The average molecular weight is 344 g/mol. The number of nitrogens with one attached hydrogen (secondary N) is 1. The molecular weight excluding hydrogens is 330 g/mol. The highest BCUT2D eigenvalue weighted by atomic mass is 79.9. The smallest absolute Gasteiger partial charge is 0.228 e. The minimum absolute atomic E-state index is 0.0443. The third-order valence-electron chi connectivity index (χ3n) is 3.30. The monoisotopic (exact) mass is 343 g/mol. The van der Waals surface area contributed by atoms with Crippen molar-refractivity contribution in [3.05, 3.63) is 58.8 Å². The number of amides is 1. The van der Waals surface area contributed by atoms with Gasteiger partial charge in [0.05, 0.1) is 29.5 Å². The van der Waals surface area contributed by atoms with Gasteiger partial charge in [0.25, 0.3) is 0 Å². The molecule has 0 atom stereocenters. The summed E-state index contributed by atoms with van der Waals surface area (Å²) >= 11 is 3.42. The molecule has 1 aromatic heterocycles. The predicted octanol–water partition coefficient (Wildman–Crippen LogP) is 3.52. The third-order valence-corrected chi connectivity index (χ3v) is 3.99. The maximum absolute atomic E-state index is 12.1. The lowest BCUT2D eigenvalue weighted by Crippen LogP contribution is -2.14. The third kappa shape index (κ3) is 2.97.